The Bertz CT molecular complexity index is 2290. The normalized spacial score (nSPS) is 14.4. The second-order valence-electron chi connectivity index (χ2n) is 16.3. The van der Waals surface area contributed by atoms with Gasteiger partial charge in [-0.3, -0.25) is 0 Å². The molecule has 8 rings (SSSR count). The minimum absolute atomic E-state index is 0.0220. The lowest BCUT2D eigenvalue weighted by molar-refractivity contribution is 0.435. The summed E-state index contributed by atoms with van der Waals surface area (Å²) >= 11 is 0. The molecule has 6 aromatic carbocycles. The largest absolute Gasteiger partial charge is 0.0653 e. The third-order valence-electron chi connectivity index (χ3n) is 13.2. The third-order valence-corrected chi connectivity index (χ3v) is 13.2. The van der Waals surface area contributed by atoms with E-state index in [0.29, 0.717) is 0 Å². The summed E-state index contributed by atoms with van der Waals surface area (Å²) in [4.78, 5) is 0. The van der Waals surface area contributed by atoms with Gasteiger partial charge in [0.2, 0.25) is 0 Å². The van der Waals surface area contributed by atoms with Gasteiger partial charge in [-0.1, -0.05) is 164 Å². The summed E-state index contributed by atoms with van der Waals surface area (Å²) in [5.41, 5.74) is 22.8. The molecule has 0 saturated carbocycles. The van der Waals surface area contributed by atoms with Crippen molar-refractivity contribution in [2.45, 2.75) is 117 Å². The van der Waals surface area contributed by atoms with E-state index in [-0.39, 0.29) is 10.8 Å². The predicted molar refractivity (Wildman–Crippen MR) is 234 cm³/mol. The quantitative estimate of drug-likeness (QED) is 0.112. The Morgan fingerprint density at radius 2 is 0.704 bits per heavy atom. The molecule has 0 N–H and O–H groups in total. The van der Waals surface area contributed by atoms with E-state index in [0.717, 1.165) is 38.5 Å². The van der Waals surface area contributed by atoms with E-state index in [2.05, 4.69) is 163 Å². The fourth-order valence-electron chi connectivity index (χ4n) is 10.8. The van der Waals surface area contributed by atoms with Crippen molar-refractivity contribution in [1.82, 2.24) is 0 Å². The topological polar surface area (TPSA) is 0 Å². The van der Waals surface area contributed by atoms with Crippen LogP contribution in [0, 0.1) is 0 Å². The highest BCUT2D eigenvalue weighted by molar-refractivity contribution is 5.89. The van der Waals surface area contributed by atoms with Crippen LogP contribution in [0.2, 0.25) is 0 Å². The smallest absolute Gasteiger partial charge is 0.0215 e. The van der Waals surface area contributed by atoms with Gasteiger partial charge in [-0.15, -0.1) is 0 Å². The molecule has 0 unspecified atom stereocenters. The van der Waals surface area contributed by atoms with Crippen LogP contribution < -0.4 is 0 Å². The van der Waals surface area contributed by atoms with Crippen LogP contribution in [-0.4, -0.2) is 0 Å². The highest BCUT2D eigenvalue weighted by Gasteiger charge is 2.44. The van der Waals surface area contributed by atoms with Crippen LogP contribution in [0.15, 0.2) is 121 Å². The Labute approximate surface area is 325 Å². The van der Waals surface area contributed by atoms with Gasteiger partial charge in [0.05, 0.1) is 0 Å². The molecule has 0 heterocycles. The van der Waals surface area contributed by atoms with E-state index in [1.807, 2.05) is 0 Å². The van der Waals surface area contributed by atoms with Crippen molar-refractivity contribution in [1.29, 1.82) is 0 Å². The number of benzene rings is 6. The number of hydrogen-bond donors (Lipinski definition) is 0. The summed E-state index contributed by atoms with van der Waals surface area (Å²) in [5.74, 6) is 0. The lowest BCUT2D eigenvalue weighted by atomic mass is 9.70. The van der Waals surface area contributed by atoms with E-state index in [1.54, 1.807) is 0 Å². The van der Waals surface area contributed by atoms with Crippen molar-refractivity contribution in [2.24, 2.45) is 0 Å². The zero-order valence-electron chi connectivity index (χ0n) is 33.6. The summed E-state index contributed by atoms with van der Waals surface area (Å²) in [7, 11) is 0. The fourth-order valence-corrected chi connectivity index (χ4v) is 10.8. The maximum atomic E-state index is 2.60. The zero-order chi connectivity index (χ0) is 37.5. The SMILES string of the molecule is CCCC1(CCC)c2cc(-c3ccc(CC)cc3)ccc2-c2ccc(-c3ccc4c(c3)C(CCC)(CCC)c3cc(-c5ccccc5CC)ccc3-4)cc21. The molecule has 2 aliphatic rings. The van der Waals surface area contributed by atoms with Crippen LogP contribution in [0.5, 0.6) is 0 Å². The summed E-state index contributed by atoms with van der Waals surface area (Å²) in [5, 5.41) is 0. The molecular formula is C54H58. The van der Waals surface area contributed by atoms with Gasteiger partial charge in [0, 0.05) is 10.8 Å². The van der Waals surface area contributed by atoms with Gasteiger partial charge in [0.1, 0.15) is 0 Å². The molecule has 0 aliphatic heterocycles. The van der Waals surface area contributed by atoms with Crippen LogP contribution in [0.25, 0.3) is 55.6 Å². The summed E-state index contributed by atoms with van der Waals surface area (Å²) < 4.78 is 0. The Balaban J connectivity index is 1.25. The van der Waals surface area contributed by atoms with Crippen molar-refractivity contribution >= 4 is 0 Å². The summed E-state index contributed by atoms with van der Waals surface area (Å²) in [6, 6.07) is 47.9. The van der Waals surface area contributed by atoms with Crippen LogP contribution >= 0.6 is 0 Å². The lowest BCUT2D eigenvalue weighted by Crippen LogP contribution is -2.25. The molecule has 2 aliphatic carbocycles. The molecule has 0 nitrogen and oxygen atoms in total. The molecule has 0 saturated heterocycles. The second kappa shape index (κ2) is 14.9. The highest BCUT2D eigenvalue weighted by atomic mass is 14.5. The maximum absolute atomic E-state index is 2.60. The van der Waals surface area contributed by atoms with Gasteiger partial charge < -0.3 is 0 Å². The van der Waals surface area contributed by atoms with E-state index in [4.69, 9.17) is 0 Å². The molecule has 274 valence electrons. The van der Waals surface area contributed by atoms with E-state index in [1.165, 1.54) is 115 Å². The standard InChI is InChI=1S/C54H58/c1-7-29-53(30-8-2)49-33-40(39-19-17-37(11-5)18-20-39)21-25-45(49)46-26-22-41(34-50(46)53)42-23-27-47-48-28-24-43(44-16-14-13-15-38(44)12-6)36-52(48)54(31-9-3,32-10-4)51(47)35-42/h13-28,33-36H,7-12,29-32H2,1-6H3. The van der Waals surface area contributed by atoms with Gasteiger partial charge in [0.25, 0.3) is 0 Å². The molecular weight excluding hydrogens is 649 g/mol. The first-order valence-electron chi connectivity index (χ1n) is 21.2. The van der Waals surface area contributed by atoms with Crippen molar-refractivity contribution in [2.75, 3.05) is 0 Å². The van der Waals surface area contributed by atoms with Gasteiger partial charge in [-0.05, 0) is 152 Å². The molecule has 0 bridgehead atoms. The monoisotopic (exact) mass is 706 g/mol. The molecule has 6 aromatic rings. The summed E-state index contributed by atoms with van der Waals surface area (Å²) in [6.07, 6.45) is 11.4. The Kier molecular flexibility index (Phi) is 9.99. The number of fused-ring (bicyclic) bond motifs is 6. The Morgan fingerprint density at radius 3 is 1.11 bits per heavy atom. The van der Waals surface area contributed by atoms with Gasteiger partial charge in [-0.25, -0.2) is 0 Å². The van der Waals surface area contributed by atoms with Crippen molar-refractivity contribution in [3.63, 3.8) is 0 Å². The third kappa shape index (κ3) is 5.80. The lowest BCUT2D eigenvalue weighted by Gasteiger charge is -2.33. The average molecular weight is 707 g/mol. The highest BCUT2D eigenvalue weighted by Crippen LogP contribution is 2.57. The first kappa shape index (κ1) is 36.3. The fraction of sp³-hybridized carbons (Fsp3) is 0.333. The van der Waals surface area contributed by atoms with E-state index in [9.17, 15) is 0 Å². The van der Waals surface area contributed by atoms with Crippen LogP contribution in [0.4, 0.5) is 0 Å². The minimum atomic E-state index is 0.0220. The predicted octanol–water partition coefficient (Wildman–Crippen LogP) is 15.5. The minimum Gasteiger partial charge on any atom is -0.0653 e. The number of hydrogen-bond acceptors (Lipinski definition) is 0. The van der Waals surface area contributed by atoms with Crippen LogP contribution in [-0.2, 0) is 23.7 Å². The summed E-state index contributed by atoms with van der Waals surface area (Å²) in [6.45, 7) is 14.0. The van der Waals surface area contributed by atoms with Crippen LogP contribution in [0.3, 0.4) is 0 Å². The molecule has 54 heavy (non-hydrogen) atoms. The molecule has 0 fully saturated rings. The van der Waals surface area contributed by atoms with Crippen molar-refractivity contribution in [3.8, 4) is 55.6 Å². The van der Waals surface area contributed by atoms with Gasteiger partial charge >= 0.3 is 0 Å². The molecule has 0 aromatic heterocycles. The van der Waals surface area contributed by atoms with E-state index >= 15 is 0 Å². The molecule has 0 amide bonds. The Morgan fingerprint density at radius 1 is 0.333 bits per heavy atom. The zero-order valence-corrected chi connectivity index (χ0v) is 33.6. The number of aryl methyl sites for hydroxylation is 2. The van der Waals surface area contributed by atoms with Crippen molar-refractivity contribution < 1.29 is 0 Å². The average Bonchev–Trinajstić information content (AvgIpc) is 3.63. The number of rotatable bonds is 13. The second-order valence-corrected chi connectivity index (χ2v) is 16.3. The van der Waals surface area contributed by atoms with E-state index < -0.39 is 0 Å². The first-order chi connectivity index (χ1) is 26.4. The van der Waals surface area contributed by atoms with Gasteiger partial charge in [-0.2, -0.15) is 0 Å². The molecule has 0 spiro atoms. The van der Waals surface area contributed by atoms with Gasteiger partial charge in [0.15, 0.2) is 0 Å². The maximum Gasteiger partial charge on any atom is 0.0215 e. The van der Waals surface area contributed by atoms with Crippen LogP contribution in [0.1, 0.15) is 126 Å². The molecule has 0 radical (unpaired) electrons. The first-order valence-corrected chi connectivity index (χ1v) is 21.2. The van der Waals surface area contributed by atoms with Crippen molar-refractivity contribution in [3.05, 3.63) is 155 Å². The Hall–Kier alpha value is -4.68. The molecule has 0 heteroatoms. The molecule has 0 atom stereocenters.